The molecule has 1 unspecified atom stereocenters. The van der Waals surface area contributed by atoms with Gasteiger partial charge in [-0.05, 0) is 31.6 Å². The summed E-state index contributed by atoms with van der Waals surface area (Å²) in [6.45, 7) is 1.43. The zero-order valence-electron chi connectivity index (χ0n) is 9.97. The summed E-state index contributed by atoms with van der Waals surface area (Å²) in [6, 6.07) is -0.0159. The number of carbonyl (C=O) groups is 2. The van der Waals surface area contributed by atoms with Gasteiger partial charge in [-0.1, -0.05) is 0 Å². The molecule has 2 rings (SSSR count). The molecular formula is C12H20N2O3. The molecule has 0 spiro atoms. The topological polar surface area (TPSA) is 83.6 Å². The van der Waals surface area contributed by atoms with Crippen LogP contribution in [0.2, 0.25) is 0 Å². The van der Waals surface area contributed by atoms with Gasteiger partial charge in [-0.15, -0.1) is 0 Å². The Kier molecular flexibility index (Phi) is 3.66. The second-order valence-electron chi connectivity index (χ2n) is 5.32. The Morgan fingerprint density at radius 2 is 2.00 bits per heavy atom. The number of nitrogens with two attached hydrogens (primary N) is 1. The molecule has 0 aromatic carbocycles. The molecule has 17 heavy (non-hydrogen) atoms. The fourth-order valence-electron chi connectivity index (χ4n) is 2.88. The number of carboxylic acids is 1. The first kappa shape index (κ1) is 12.4. The summed E-state index contributed by atoms with van der Waals surface area (Å²) in [5, 5.41) is 8.90. The third kappa shape index (κ3) is 2.97. The van der Waals surface area contributed by atoms with E-state index in [-0.39, 0.29) is 17.9 Å². The van der Waals surface area contributed by atoms with Crippen LogP contribution in [0.4, 0.5) is 0 Å². The molecule has 1 saturated carbocycles. The minimum absolute atomic E-state index is 0.0159. The Morgan fingerprint density at radius 1 is 1.35 bits per heavy atom. The van der Waals surface area contributed by atoms with E-state index in [2.05, 4.69) is 0 Å². The van der Waals surface area contributed by atoms with E-state index in [1.165, 1.54) is 0 Å². The molecule has 5 nitrogen and oxygen atoms in total. The van der Waals surface area contributed by atoms with Crippen LogP contribution in [0.1, 0.15) is 32.1 Å². The number of aliphatic carboxylic acids is 1. The summed E-state index contributed by atoms with van der Waals surface area (Å²) in [4.78, 5) is 24.2. The molecule has 96 valence electrons. The highest BCUT2D eigenvalue weighted by Crippen LogP contribution is 2.30. The number of rotatable bonds is 3. The zero-order chi connectivity index (χ0) is 12.4. The Hall–Kier alpha value is -1.10. The first-order valence-electron chi connectivity index (χ1n) is 6.32. The Morgan fingerprint density at radius 3 is 2.47 bits per heavy atom. The minimum atomic E-state index is -0.678. The van der Waals surface area contributed by atoms with Gasteiger partial charge in [-0.25, -0.2) is 0 Å². The van der Waals surface area contributed by atoms with Crippen LogP contribution < -0.4 is 5.73 Å². The average molecular weight is 240 g/mol. The molecular weight excluding hydrogens is 220 g/mol. The summed E-state index contributed by atoms with van der Waals surface area (Å²) in [7, 11) is 0. The number of likely N-dealkylation sites (tertiary alicyclic amines) is 1. The number of carboxylic acid groups (broad SMARTS) is 1. The molecule has 0 aromatic heterocycles. The smallest absolute Gasteiger partial charge is 0.306 e. The lowest BCUT2D eigenvalue weighted by Crippen LogP contribution is -2.35. The zero-order valence-corrected chi connectivity index (χ0v) is 9.97. The van der Waals surface area contributed by atoms with Crippen molar-refractivity contribution in [2.45, 2.75) is 38.1 Å². The lowest BCUT2D eigenvalue weighted by atomic mass is 9.82. The first-order valence-corrected chi connectivity index (χ1v) is 6.32. The van der Waals surface area contributed by atoms with E-state index in [9.17, 15) is 9.59 Å². The average Bonchev–Trinajstić information content (AvgIpc) is 2.58. The van der Waals surface area contributed by atoms with Crippen LogP contribution in [0.25, 0.3) is 0 Å². The van der Waals surface area contributed by atoms with Crippen LogP contribution in [0.5, 0.6) is 0 Å². The van der Waals surface area contributed by atoms with Crippen LogP contribution in [0.3, 0.4) is 0 Å². The maximum Gasteiger partial charge on any atom is 0.306 e. The van der Waals surface area contributed by atoms with Crippen molar-refractivity contribution >= 4 is 11.9 Å². The molecule has 1 amide bonds. The molecule has 5 heteroatoms. The number of carbonyl (C=O) groups excluding carboxylic acids is 1. The molecule has 1 aliphatic heterocycles. The van der Waals surface area contributed by atoms with Crippen LogP contribution in [-0.4, -0.2) is 41.0 Å². The predicted molar refractivity (Wildman–Crippen MR) is 62.3 cm³/mol. The van der Waals surface area contributed by atoms with E-state index < -0.39 is 5.97 Å². The van der Waals surface area contributed by atoms with Gasteiger partial charge >= 0.3 is 5.97 Å². The van der Waals surface area contributed by atoms with E-state index >= 15 is 0 Å². The highest BCUT2D eigenvalue weighted by Gasteiger charge is 2.31. The first-order chi connectivity index (χ1) is 8.06. The summed E-state index contributed by atoms with van der Waals surface area (Å²) < 4.78 is 0. The molecule has 1 atom stereocenters. The quantitative estimate of drug-likeness (QED) is 0.749. The third-order valence-corrected chi connectivity index (χ3v) is 3.92. The van der Waals surface area contributed by atoms with Crippen LogP contribution in [0, 0.1) is 11.8 Å². The Balaban J connectivity index is 1.78. The Bertz CT molecular complexity index is 311. The van der Waals surface area contributed by atoms with E-state index in [0.717, 1.165) is 32.2 Å². The summed E-state index contributed by atoms with van der Waals surface area (Å²) in [5.74, 6) is -0.247. The largest absolute Gasteiger partial charge is 0.481 e. The van der Waals surface area contributed by atoms with Crippen molar-refractivity contribution in [2.75, 3.05) is 13.1 Å². The molecule has 3 N–H and O–H groups in total. The van der Waals surface area contributed by atoms with E-state index in [0.29, 0.717) is 18.9 Å². The number of hydrogen-bond donors (Lipinski definition) is 2. The SMILES string of the molecule is NC1CC(=O)N(CC2CCC(C(=O)O)CC2)C1. The summed E-state index contributed by atoms with van der Waals surface area (Å²) in [5.41, 5.74) is 5.74. The van der Waals surface area contributed by atoms with Crippen molar-refractivity contribution in [3.05, 3.63) is 0 Å². The predicted octanol–water partition coefficient (Wildman–Crippen LogP) is 0.437. The highest BCUT2D eigenvalue weighted by molar-refractivity contribution is 5.79. The Labute approximate surface area is 101 Å². The summed E-state index contributed by atoms with van der Waals surface area (Å²) >= 11 is 0. The monoisotopic (exact) mass is 240 g/mol. The van der Waals surface area contributed by atoms with Gasteiger partial charge in [0, 0.05) is 25.6 Å². The van der Waals surface area contributed by atoms with Gasteiger partial charge in [0.15, 0.2) is 0 Å². The molecule has 0 aromatic rings. The second-order valence-corrected chi connectivity index (χ2v) is 5.32. The maximum atomic E-state index is 11.6. The van der Waals surface area contributed by atoms with Crippen molar-refractivity contribution in [3.63, 3.8) is 0 Å². The van der Waals surface area contributed by atoms with Crippen LogP contribution in [-0.2, 0) is 9.59 Å². The lowest BCUT2D eigenvalue weighted by Gasteiger charge is -2.29. The normalized spacial score (nSPS) is 34.1. The second kappa shape index (κ2) is 5.04. The van der Waals surface area contributed by atoms with Gasteiger partial charge in [0.2, 0.25) is 5.91 Å². The molecule has 0 bridgehead atoms. The highest BCUT2D eigenvalue weighted by atomic mass is 16.4. The van der Waals surface area contributed by atoms with Gasteiger partial charge in [0.05, 0.1) is 5.92 Å². The molecule has 1 aliphatic carbocycles. The number of nitrogens with zero attached hydrogens (tertiary/aromatic N) is 1. The van der Waals surface area contributed by atoms with Gasteiger partial charge in [-0.2, -0.15) is 0 Å². The fraction of sp³-hybridized carbons (Fsp3) is 0.833. The summed E-state index contributed by atoms with van der Waals surface area (Å²) in [6.07, 6.45) is 3.78. The van der Waals surface area contributed by atoms with Gasteiger partial charge < -0.3 is 15.7 Å². The molecule has 2 fully saturated rings. The van der Waals surface area contributed by atoms with E-state index in [1.54, 1.807) is 0 Å². The number of hydrogen-bond acceptors (Lipinski definition) is 3. The molecule has 2 aliphatic rings. The minimum Gasteiger partial charge on any atom is -0.481 e. The molecule has 0 radical (unpaired) electrons. The van der Waals surface area contributed by atoms with Crippen molar-refractivity contribution < 1.29 is 14.7 Å². The number of amides is 1. The van der Waals surface area contributed by atoms with Crippen LogP contribution >= 0.6 is 0 Å². The van der Waals surface area contributed by atoms with Gasteiger partial charge in [0.1, 0.15) is 0 Å². The van der Waals surface area contributed by atoms with Crippen LogP contribution in [0.15, 0.2) is 0 Å². The molecule has 1 heterocycles. The van der Waals surface area contributed by atoms with Crippen molar-refractivity contribution in [3.8, 4) is 0 Å². The van der Waals surface area contributed by atoms with E-state index in [4.69, 9.17) is 10.8 Å². The van der Waals surface area contributed by atoms with Gasteiger partial charge in [-0.3, -0.25) is 9.59 Å². The van der Waals surface area contributed by atoms with Crippen molar-refractivity contribution in [1.29, 1.82) is 0 Å². The van der Waals surface area contributed by atoms with Crippen molar-refractivity contribution in [1.82, 2.24) is 4.90 Å². The maximum absolute atomic E-state index is 11.6. The lowest BCUT2D eigenvalue weighted by molar-refractivity contribution is -0.143. The van der Waals surface area contributed by atoms with Gasteiger partial charge in [0.25, 0.3) is 0 Å². The fourth-order valence-corrected chi connectivity index (χ4v) is 2.88. The van der Waals surface area contributed by atoms with E-state index in [1.807, 2.05) is 4.90 Å². The third-order valence-electron chi connectivity index (χ3n) is 3.92. The molecule has 1 saturated heterocycles. The van der Waals surface area contributed by atoms with Crippen molar-refractivity contribution in [2.24, 2.45) is 17.6 Å². The standard InChI is InChI=1S/C12H20N2O3/c13-10-5-11(15)14(7-10)6-8-1-3-9(4-2-8)12(16)17/h8-10H,1-7,13H2,(H,16,17).